The molecule has 6 heteroatoms. The third kappa shape index (κ3) is 2.98. The van der Waals surface area contributed by atoms with Gasteiger partial charge in [-0.2, -0.15) is 9.50 Å². The predicted octanol–water partition coefficient (Wildman–Crippen LogP) is 2.35. The van der Waals surface area contributed by atoms with Gasteiger partial charge in [0.2, 0.25) is 0 Å². The van der Waals surface area contributed by atoms with Crippen LogP contribution in [0.4, 0.5) is 0 Å². The average molecular weight is 337 g/mol. The highest BCUT2D eigenvalue weighted by Gasteiger charge is 2.40. The third-order valence-electron chi connectivity index (χ3n) is 5.10. The van der Waals surface area contributed by atoms with Gasteiger partial charge in [0.15, 0.2) is 0 Å². The zero-order valence-electron chi connectivity index (χ0n) is 14.9. The Morgan fingerprint density at radius 2 is 2.00 bits per heavy atom. The maximum Gasteiger partial charge on any atom is 0.274 e. The SMILES string of the molecule is Cc1nc2nc(CN3C[C@@H](c4ccccc4)C(C)(C)C3)cc(=O)n2[nH]1. The van der Waals surface area contributed by atoms with Gasteiger partial charge >= 0.3 is 0 Å². The highest BCUT2D eigenvalue weighted by atomic mass is 16.1. The van der Waals surface area contributed by atoms with Crippen LogP contribution in [0.2, 0.25) is 0 Å². The Labute approximate surface area is 146 Å². The van der Waals surface area contributed by atoms with E-state index in [-0.39, 0.29) is 11.0 Å². The normalized spacial score (nSPS) is 20.4. The summed E-state index contributed by atoms with van der Waals surface area (Å²) in [6.07, 6.45) is 0. The van der Waals surface area contributed by atoms with E-state index in [4.69, 9.17) is 0 Å². The van der Waals surface area contributed by atoms with Crippen molar-refractivity contribution in [2.45, 2.75) is 33.2 Å². The minimum absolute atomic E-state index is 0.112. The van der Waals surface area contributed by atoms with Crippen molar-refractivity contribution in [3.8, 4) is 0 Å². The Morgan fingerprint density at radius 1 is 1.24 bits per heavy atom. The molecule has 6 nitrogen and oxygen atoms in total. The minimum atomic E-state index is -0.112. The van der Waals surface area contributed by atoms with Crippen LogP contribution in [-0.2, 0) is 6.54 Å². The summed E-state index contributed by atoms with van der Waals surface area (Å²) in [5.41, 5.74) is 2.23. The van der Waals surface area contributed by atoms with E-state index in [1.54, 1.807) is 6.07 Å². The van der Waals surface area contributed by atoms with Crippen LogP contribution < -0.4 is 5.56 Å². The number of nitrogens with one attached hydrogen (secondary N) is 1. The van der Waals surface area contributed by atoms with Crippen molar-refractivity contribution in [1.82, 2.24) is 24.5 Å². The Kier molecular flexibility index (Phi) is 3.72. The van der Waals surface area contributed by atoms with Crippen LogP contribution in [-0.4, -0.2) is 37.6 Å². The van der Waals surface area contributed by atoms with Crippen LogP contribution in [0.5, 0.6) is 0 Å². The standard InChI is InChI=1S/C19H23N5O/c1-13-20-18-21-15(9-17(25)24(18)22-13)10-23-11-16(19(2,3)12-23)14-7-5-4-6-8-14/h4-9,16H,10-12H2,1-3H3,(H,20,21,22)/t16-/m0/s1. The topological polar surface area (TPSA) is 66.3 Å². The third-order valence-corrected chi connectivity index (χ3v) is 5.10. The van der Waals surface area contributed by atoms with E-state index in [1.807, 2.05) is 6.92 Å². The summed E-state index contributed by atoms with van der Waals surface area (Å²) < 4.78 is 1.39. The van der Waals surface area contributed by atoms with E-state index in [9.17, 15) is 4.79 Å². The van der Waals surface area contributed by atoms with Crippen LogP contribution in [0.3, 0.4) is 0 Å². The molecule has 0 bridgehead atoms. The van der Waals surface area contributed by atoms with E-state index in [2.05, 4.69) is 64.1 Å². The van der Waals surface area contributed by atoms with Crippen molar-refractivity contribution in [1.29, 1.82) is 0 Å². The first-order valence-electron chi connectivity index (χ1n) is 8.65. The number of hydrogen-bond donors (Lipinski definition) is 1. The van der Waals surface area contributed by atoms with Crippen molar-refractivity contribution < 1.29 is 0 Å². The van der Waals surface area contributed by atoms with Gasteiger partial charge in [-0.25, -0.2) is 4.98 Å². The monoisotopic (exact) mass is 337 g/mol. The molecule has 3 heterocycles. The molecule has 1 atom stereocenters. The quantitative estimate of drug-likeness (QED) is 0.797. The van der Waals surface area contributed by atoms with Crippen molar-refractivity contribution in [2.24, 2.45) is 5.41 Å². The van der Waals surface area contributed by atoms with Gasteiger partial charge in [-0.05, 0) is 17.9 Å². The number of aryl methyl sites for hydroxylation is 1. The summed E-state index contributed by atoms with van der Waals surface area (Å²) in [6.45, 7) is 9.07. The van der Waals surface area contributed by atoms with Crippen molar-refractivity contribution >= 4 is 5.78 Å². The largest absolute Gasteiger partial charge is 0.296 e. The molecule has 1 aliphatic rings. The molecule has 1 fully saturated rings. The van der Waals surface area contributed by atoms with Gasteiger partial charge in [-0.1, -0.05) is 44.2 Å². The van der Waals surface area contributed by atoms with Gasteiger partial charge in [0.1, 0.15) is 5.82 Å². The number of benzene rings is 1. The number of fused-ring (bicyclic) bond motifs is 1. The maximum absolute atomic E-state index is 12.2. The molecule has 0 aliphatic carbocycles. The lowest BCUT2D eigenvalue weighted by molar-refractivity contribution is 0.279. The first-order valence-corrected chi connectivity index (χ1v) is 8.65. The molecule has 1 saturated heterocycles. The molecule has 4 rings (SSSR count). The summed E-state index contributed by atoms with van der Waals surface area (Å²) in [7, 11) is 0. The average Bonchev–Trinajstić information content (AvgIpc) is 3.07. The molecule has 130 valence electrons. The molecule has 25 heavy (non-hydrogen) atoms. The molecule has 1 N–H and O–H groups in total. The summed E-state index contributed by atoms with van der Waals surface area (Å²) in [6, 6.07) is 12.3. The molecule has 0 radical (unpaired) electrons. The smallest absolute Gasteiger partial charge is 0.274 e. The first kappa shape index (κ1) is 16.0. The minimum Gasteiger partial charge on any atom is -0.296 e. The highest BCUT2D eigenvalue weighted by molar-refractivity contribution is 5.28. The number of aromatic nitrogens is 4. The van der Waals surface area contributed by atoms with Crippen molar-refractivity contribution in [3.63, 3.8) is 0 Å². The summed E-state index contributed by atoms with van der Waals surface area (Å²) in [5.74, 6) is 1.61. The molecule has 0 spiro atoms. The van der Waals surface area contributed by atoms with E-state index in [0.29, 0.717) is 24.1 Å². The van der Waals surface area contributed by atoms with Crippen LogP contribution in [0.1, 0.15) is 36.8 Å². The molecular formula is C19H23N5O. The van der Waals surface area contributed by atoms with Crippen LogP contribution in [0.25, 0.3) is 5.78 Å². The second-order valence-corrected chi connectivity index (χ2v) is 7.65. The molecular weight excluding hydrogens is 314 g/mol. The predicted molar refractivity (Wildman–Crippen MR) is 96.6 cm³/mol. The molecule has 3 aromatic rings. The van der Waals surface area contributed by atoms with E-state index >= 15 is 0 Å². The van der Waals surface area contributed by atoms with E-state index in [0.717, 1.165) is 18.8 Å². The van der Waals surface area contributed by atoms with E-state index < -0.39 is 0 Å². The number of H-pyrrole nitrogens is 1. The fourth-order valence-corrected chi connectivity index (χ4v) is 3.96. The Balaban J connectivity index is 1.59. The highest BCUT2D eigenvalue weighted by Crippen LogP contribution is 2.42. The number of nitrogens with zero attached hydrogens (tertiary/aromatic N) is 4. The Morgan fingerprint density at radius 3 is 2.76 bits per heavy atom. The van der Waals surface area contributed by atoms with Crippen molar-refractivity contribution in [3.05, 3.63) is 63.8 Å². The fraction of sp³-hybridized carbons (Fsp3) is 0.421. The first-order chi connectivity index (χ1) is 11.9. The summed E-state index contributed by atoms with van der Waals surface area (Å²) >= 11 is 0. The number of rotatable bonds is 3. The molecule has 0 amide bonds. The van der Waals surface area contributed by atoms with Gasteiger partial charge in [-0.3, -0.25) is 14.8 Å². The zero-order chi connectivity index (χ0) is 17.6. The van der Waals surface area contributed by atoms with Crippen LogP contribution in [0.15, 0.2) is 41.2 Å². The lowest BCUT2D eigenvalue weighted by atomic mass is 9.78. The van der Waals surface area contributed by atoms with Crippen molar-refractivity contribution in [2.75, 3.05) is 13.1 Å². The van der Waals surface area contributed by atoms with Gasteiger partial charge in [0.05, 0.1) is 5.69 Å². The summed E-state index contributed by atoms with van der Waals surface area (Å²) in [5, 5.41) is 2.91. The molecule has 2 aromatic heterocycles. The fourth-order valence-electron chi connectivity index (χ4n) is 3.96. The lowest BCUT2D eigenvalue weighted by Gasteiger charge is -2.26. The lowest BCUT2D eigenvalue weighted by Crippen LogP contribution is -2.25. The Bertz CT molecular complexity index is 957. The molecule has 1 aromatic carbocycles. The van der Waals surface area contributed by atoms with E-state index in [1.165, 1.54) is 10.1 Å². The molecule has 0 unspecified atom stereocenters. The van der Waals surface area contributed by atoms with Crippen LogP contribution >= 0.6 is 0 Å². The molecule has 1 aliphatic heterocycles. The zero-order valence-corrected chi connectivity index (χ0v) is 14.9. The second kappa shape index (κ2) is 5.81. The maximum atomic E-state index is 12.2. The Hall–Kier alpha value is -2.47. The second-order valence-electron chi connectivity index (χ2n) is 7.65. The van der Waals surface area contributed by atoms with Gasteiger partial charge in [-0.15, -0.1) is 0 Å². The van der Waals surface area contributed by atoms with Gasteiger partial charge < -0.3 is 0 Å². The van der Waals surface area contributed by atoms with Crippen LogP contribution in [0, 0.1) is 12.3 Å². The van der Waals surface area contributed by atoms with Gasteiger partial charge in [0, 0.05) is 31.6 Å². The molecule has 0 saturated carbocycles. The number of aromatic amines is 1. The van der Waals surface area contributed by atoms with Gasteiger partial charge in [0.25, 0.3) is 11.3 Å². The number of likely N-dealkylation sites (tertiary alicyclic amines) is 1. The summed E-state index contributed by atoms with van der Waals surface area (Å²) in [4.78, 5) is 23.4. The number of hydrogen-bond acceptors (Lipinski definition) is 4.